The number of benzene rings is 3. The fourth-order valence-electron chi connectivity index (χ4n) is 3.44. The lowest BCUT2D eigenvalue weighted by molar-refractivity contribution is -0.132. The molecule has 1 aliphatic rings. The van der Waals surface area contributed by atoms with E-state index in [1.165, 1.54) is 23.1 Å². The maximum Gasteiger partial charge on any atom is 0.300 e. The number of aliphatic hydroxyl groups excluding tert-OH is 1. The van der Waals surface area contributed by atoms with Crippen molar-refractivity contribution in [1.29, 1.82) is 0 Å². The Kier molecular flexibility index (Phi) is 4.91. The molecule has 0 saturated carbocycles. The molecule has 0 spiro atoms. The van der Waals surface area contributed by atoms with Crippen LogP contribution in [0.4, 0.5) is 10.1 Å². The molecule has 1 heterocycles. The number of halogens is 2. The number of aliphatic hydroxyl groups is 1. The third-order valence-electron chi connectivity index (χ3n) is 4.76. The minimum absolute atomic E-state index is 0.105. The largest absolute Gasteiger partial charge is 0.507 e. The Balaban J connectivity index is 1.95. The molecule has 0 bridgehead atoms. The Morgan fingerprint density at radius 3 is 2.28 bits per heavy atom. The number of hydrogen-bond donors (Lipinski definition) is 1. The van der Waals surface area contributed by atoms with E-state index in [0.717, 1.165) is 0 Å². The summed E-state index contributed by atoms with van der Waals surface area (Å²) in [4.78, 5) is 27.1. The molecule has 1 unspecified atom stereocenters. The van der Waals surface area contributed by atoms with Crippen molar-refractivity contribution >= 4 is 34.7 Å². The molecule has 4 rings (SSSR count). The second kappa shape index (κ2) is 7.53. The molecule has 6 heteroatoms. The summed E-state index contributed by atoms with van der Waals surface area (Å²) in [5.74, 6) is -2.48. The van der Waals surface area contributed by atoms with Crippen molar-refractivity contribution in [3.8, 4) is 0 Å². The molecule has 0 aliphatic carbocycles. The average Bonchev–Trinajstić information content (AvgIpc) is 2.99. The summed E-state index contributed by atoms with van der Waals surface area (Å²) in [5.41, 5.74) is 1.08. The highest BCUT2D eigenvalue weighted by Crippen LogP contribution is 2.42. The van der Waals surface area contributed by atoms with Crippen LogP contribution in [0.25, 0.3) is 5.76 Å². The second-order valence-corrected chi connectivity index (χ2v) is 7.00. The zero-order valence-electron chi connectivity index (χ0n) is 15.0. The van der Waals surface area contributed by atoms with Crippen molar-refractivity contribution < 1.29 is 19.1 Å². The van der Waals surface area contributed by atoms with Crippen molar-refractivity contribution in [2.75, 3.05) is 4.90 Å². The summed E-state index contributed by atoms with van der Waals surface area (Å²) < 4.78 is 14.0. The Bertz CT molecular complexity index is 1130. The molecule has 3 aromatic rings. The first-order chi connectivity index (χ1) is 14.0. The van der Waals surface area contributed by atoms with Crippen LogP contribution in [0.5, 0.6) is 0 Å². The summed E-state index contributed by atoms with van der Waals surface area (Å²) in [6.45, 7) is 0. The van der Waals surface area contributed by atoms with E-state index in [1.54, 1.807) is 60.7 Å². The SMILES string of the molecule is O=C1C(=O)N(c2ccccc2)C(c2cccc(F)c2)/C1=C(/O)c1ccc(Cl)cc1. The number of Topliss-reactive ketones (excluding diaryl/α,β-unsaturated/α-hetero) is 1. The van der Waals surface area contributed by atoms with Crippen LogP contribution in [-0.4, -0.2) is 16.8 Å². The Morgan fingerprint density at radius 1 is 0.931 bits per heavy atom. The van der Waals surface area contributed by atoms with Crippen LogP contribution < -0.4 is 4.90 Å². The van der Waals surface area contributed by atoms with Crippen LogP contribution in [0.3, 0.4) is 0 Å². The van der Waals surface area contributed by atoms with Gasteiger partial charge in [0.25, 0.3) is 11.7 Å². The molecule has 0 aromatic heterocycles. The number of anilines is 1. The van der Waals surface area contributed by atoms with Gasteiger partial charge in [-0.15, -0.1) is 0 Å². The molecule has 1 fully saturated rings. The first-order valence-electron chi connectivity index (χ1n) is 8.85. The van der Waals surface area contributed by atoms with Crippen LogP contribution in [0.2, 0.25) is 5.02 Å². The highest BCUT2D eigenvalue weighted by molar-refractivity contribution is 6.51. The second-order valence-electron chi connectivity index (χ2n) is 6.57. The maximum atomic E-state index is 14.0. The molecule has 1 aliphatic heterocycles. The number of carbonyl (C=O) groups is 2. The number of para-hydroxylation sites is 1. The van der Waals surface area contributed by atoms with E-state index in [4.69, 9.17) is 11.6 Å². The molecule has 3 aromatic carbocycles. The average molecular weight is 408 g/mol. The van der Waals surface area contributed by atoms with Gasteiger partial charge in [0, 0.05) is 16.3 Å². The predicted molar refractivity (Wildman–Crippen MR) is 109 cm³/mol. The minimum Gasteiger partial charge on any atom is -0.507 e. The van der Waals surface area contributed by atoms with E-state index in [2.05, 4.69) is 0 Å². The Hall–Kier alpha value is -3.44. The first-order valence-corrected chi connectivity index (χ1v) is 9.22. The summed E-state index contributed by atoms with van der Waals surface area (Å²) >= 11 is 5.90. The molecule has 0 radical (unpaired) electrons. The van der Waals surface area contributed by atoms with E-state index in [1.807, 2.05) is 0 Å². The van der Waals surface area contributed by atoms with Crippen LogP contribution >= 0.6 is 11.6 Å². The van der Waals surface area contributed by atoms with Crippen molar-refractivity contribution in [1.82, 2.24) is 0 Å². The van der Waals surface area contributed by atoms with Gasteiger partial charge in [0.1, 0.15) is 11.6 Å². The van der Waals surface area contributed by atoms with Gasteiger partial charge in [-0.1, -0.05) is 41.9 Å². The van der Waals surface area contributed by atoms with E-state index in [-0.39, 0.29) is 11.3 Å². The lowest BCUT2D eigenvalue weighted by Gasteiger charge is -2.25. The van der Waals surface area contributed by atoms with E-state index >= 15 is 0 Å². The topological polar surface area (TPSA) is 57.6 Å². The van der Waals surface area contributed by atoms with Crippen LogP contribution in [0.1, 0.15) is 17.2 Å². The van der Waals surface area contributed by atoms with Crippen molar-refractivity contribution in [3.05, 3.63) is 106 Å². The predicted octanol–water partition coefficient (Wildman–Crippen LogP) is 5.11. The van der Waals surface area contributed by atoms with Gasteiger partial charge >= 0.3 is 0 Å². The molecule has 29 heavy (non-hydrogen) atoms. The smallest absolute Gasteiger partial charge is 0.300 e. The van der Waals surface area contributed by atoms with Crippen LogP contribution in [0, 0.1) is 5.82 Å². The van der Waals surface area contributed by atoms with Gasteiger partial charge in [-0.3, -0.25) is 14.5 Å². The van der Waals surface area contributed by atoms with Gasteiger partial charge in [0.05, 0.1) is 11.6 Å². The van der Waals surface area contributed by atoms with E-state index in [0.29, 0.717) is 21.8 Å². The minimum atomic E-state index is -0.969. The fraction of sp³-hybridized carbons (Fsp3) is 0.0435. The fourth-order valence-corrected chi connectivity index (χ4v) is 3.57. The van der Waals surface area contributed by atoms with Crippen molar-refractivity contribution in [2.45, 2.75) is 6.04 Å². The number of ketones is 1. The van der Waals surface area contributed by atoms with Gasteiger partial charge in [-0.25, -0.2) is 4.39 Å². The monoisotopic (exact) mass is 407 g/mol. The molecule has 1 atom stereocenters. The van der Waals surface area contributed by atoms with Gasteiger partial charge < -0.3 is 5.11 Å². The third-order valence-corrected chi connectivity index (χ3v) is 5.01. The van der Waals surface area contributed by atoms with Gasteiger partial charge in [-0.2, -0.15) is 0 Å². The zero-order valence-corrected chi connectivity index (χ0v) is 15.8. The lowest BCUT2D eigenvalue weighted by Crippen LogP contribution is -2.29. The molecule has 1 amide bonds. The lowest BCUT2D eigenvalue weighted by atomic mass is 9.95. The Morgan fingerprint density at radius 2 is 1.62 bits per heavy atom. The molecule has 144 valence electrons. The van der Waals surface area contributed by atoms with E-state index < -0.39 is 23.5 Å². The van der Waals surface area contributed by atoms with E-state index in [9.17, 15) is 19.1 Å². The van der Waals surface area contributed by atoms with Crippen molar-refractivity contribution in [2.24, 2.45) is 0 Å². The number of nitrogens with zero attached hydrogens (tertiary/aromatic N) is 1. The third kappa shape index (κ3) is 3.41. The highest BCUT2D eigenvalue weighted by Gasteiger charge is 2.47. The van der Waals surface area contributed by atoms with Gasteiger partial charge in [-0.05, 0) is 54.1 Å². The molecule has 4 nitrogen and oxygen atoms in total. The highest BCUT2D eigenvalue weighted by atomic mass is 35.5. The molecule has 1 N–H and O–H groups in total. The first kappa shape index (κ1) is 18.9. The summed E-state index contributed by atoms with van der Waals surface area (Å²) in [5, 5.41) is 11.4. The maximum absolute atomic E-state index is 14.0. The summed E-state index contributed by atoms with van der Waals surface area (Å²) in [6, 6.07) is 19.5. The van der Waals surface area contributed by atoms with Crippen LogP contribution in [-0.2, 0) is 9.59 Å². The standard InChI is InChI=1S/C23H15ClFNO3/c24-16-11-9-14(10-12-16)21(27)19-20(15-5-4-6-17(25)13-15)26(23(29)22(19)28)18-7-2-1-3-8-18/h1-13,20,27H/b21-19-. The molecule has 1 saturated heterocycles. The van der Waals surface area contributed by atoms with Gasteiger partial charge in [0.2, 0.25) is 0 Å². The zero-order chi connectivity index (χ0) is 20.5. The summed E-state index contributed by atoms with van der Waals surface area (Å²) in [7, 11) is 0. The quantitative estimate of drug-likeness (QED) is 0.373. The number of carbonyl (C=O) groups excluding carboxylic acids is 2. The molecular formula is C23H15ClFNO3. The Labute approximate surface area is 171 Å². The molecular weight excluding hydrogens is 393 g/mol. The van der Waals surface area contributed by atoms with Crippen molar-refractivity contribution in [3.63, 3.8) is 0 Å². The number of hydrogen-bond acceptors (Lipinski definition) is 3. The van der Waals surface area contributed by atoms with Gasteiger partial charge in [0.15, 0.2) is 0 Å². The number of amides is 1. The van der Waals surface area contributed by atoms with Crippen LogP contribution in [0.15, 0.2) is 84.4 Å². The summed E-state index contributed by atoms with van der Waals surface area (Å²) in [6.07, 6.45) is 0. The normalized spacial score (nSPS) is 18.3. The number of rotatable bonds is 3.